The second kappa shape index (κ2) is 10.7. The topological polar surface area (TPSA) is 166 Å². The number of aromatic nitrogens is 2. The van der Waals surface area contributed by atoms with Gasteiger partial charge < -0.3 is 31.2 Å². The molecule has 0 fully saturated rings. The van der Waals surface area contributed by atoms with Gasteiger partial charge in [-0.2, -0.15) is 4.37 Å². The number of para-hydroxylation sites is 1. The standard InChI is InChI=1S/C27H28N6O5S/c1-14(2)9-10-30-26(35)23(17-12-31-18-6-4-3-5-16(17)18)33(15-7-8-19-20(11-15)38-13-37-19)27(36)24-21(28)22(25(29)34)32-39-24/h3-8,11-12,14,23,31H,9-10,13,28H2,1-2H3,(H2,29,34)(H,30,35)/t23-/m1/s1. The number of hydrogen-bond donors (Lipinski definition) is 4. The Morgan fingerprint density at radius 2 is 1.92 bits per heavy atom. The molecule has 1 aliphatic heterocycles. The van der Waals surface area contributed by atoms with Crippen molar-refractivity contribution >= 4 is 51.5 Å². The predicted molar refractivity (Wildman–Crippen MR) is 148 cm³/mol. The van der Waals surface area contributed by atoms with E-state index in [4.69, 9.17) is 20.9 Å². The lowest BCUT2D eigenvalue weighted by atomic mass is 10.0. The molecule has 11 nitrogen and oxygen atoms in total. The zero-order valence-corrected chi connectivity index (χ0v) is 22.2. The molecule has 2 aromatic heterocycles. The van der Waals surface area contributed by atoms with E-state index in [-0.39, 0.29) is 29.0 Å². The first-order chi connectivity index (χ1) is 18.8. The van der Waals surface area contributed by atoms with Crippen molar-refractivity contribution in [3.05, 3.63) is 64.8 Å². The summed E-state index contributed by atoms with van der Waals surface area (Å²) in [4.78, 5) is 44.6. The van der Waals surface area contributed by atoms with Gasteiger partial charge in [0.05, 0.1) is 5.69 Å². The van der Waals surface area contributed by atoms with Gasteiger partial charge in [0.1, 0.15) is 10.9 Å². The van der Waals surface area contributed by atoms with Crippen molar-refractivity contribution in [2.75, 3.05) is 24.0 Å². The van der Waals surface area contributed by atoms with Gasteiger partial charge in [0.15, 0.2) is 17.2 Å². The average molecular weight is 549 g/mol. The van der Waals surface area contributed by atoms with Crippen LogP contribution in [-0.4, -0.2) is 40.4 Å². The van der Waals surface area contributed by atoms with Crippen LogP contribution in [0.5, 0.6) is 11.5 Å². The monoisotopic (exact) mass is 548 g/mol. The molecule has 0 spiro atoms. The summed E-state index contributed by atoms with van der Waals surface area (Å²) in [6, 6.07) is 11.4. The Hall–Kier alpha value is -4.58. The van der Waals surface area contributed by atoms with Crippen LogP contribution in [0.25, 0.3) is 10.9 Å². The molecule has 0 bridgehead atoms. The van der Waals surface area contributed by atoms with Gasteiger partial charge in [-0.15, -0.1) is 0 Å². The van der Waals surface area contributed by atoms with Crippen LogP contribution in [-0.2, 0) is 4.79 Å². The van der Waals surface area contributed by atoms with Crippen molar-refractivity contribution in [2.24, 2.45) is 11.7 Å². The number of benzene rings is 2. The molecule has 6 N–H and O–H groups in total. The molecular weight excluding hydrogens is 520 g/mol. The van der Waals surface area contributed by atoms with Crippen LogP contribution in [0.15, 0.2) is 48.7 Å². The molecule has 5 rings (SSSR count). The number of carbonyl (C=O) groups excluding carboxylic acids is 3. The quantitative estimate of drug-likeness (QED) is 0.248. The number of nitrogen functional groups attached to an aromatic ring is 1. The lowest BCUT2D eigenvalue weighted by Crippen LogP contribution is -2.44. The second-order valence-electron chi connectivity index (χ2n) is 9.52. The maximum atomic E-state index is 14.3. The third-order valence-electron chi connectivity index (χ3n) is 6.45. The van der Waals surface area contributed by atoms with E-state index in [1.807, 2.05) is 24.3 Å². The smallest absolute Gasteiger partial charge is 0.273 e. The maximum Gasteiger partial charge on any atom is 0.273 e. The molecule has 0 unspecified atom stereocenters. The summed E-state index contributed by atoms with van der Waals surface area (Å²) in [5.41, 5.74) is 13.0. The lowest BCUT2D eigenvalue weighted by Gasteiger charge is -2.31. The number of fused-ring (bicyclic) bond motifs is 2. The number of hydrogen-bond acceptors (Lipinski definition) is 8. The molecule has 1 aliphatic rings. The first kappa shape index (κ1) is 26.0. The average Bonchev–Trinajstić information content (AvgIpc) is 3.64. The number of carbonyl (C=O) groups is 3. The lowest BCUT2D eigenvalue weighted by molar-refractivity contribution is -0.122. The minimum Gasteiger partial charge on any atom is -0.454 e. The maximum absolute atomic E-state index is 14.3. The second-order valence-corrected chi connectivity index (χ2v) is 10.3. The van der Waals surface area contributed by atoms with Crippen LogP contribution in [0.2, 0.25) is 0 Å². The van der Waals surface area contributed by atoms with Crippen molar-refractivity contribution in [1.29, 1.82) is 0 Å². The van der Waals surface area contributed by atoms with E-state index in [1.165, 1.54) is 4.90 Å². The third-order valence-corrected chi connectivity index (χ3v) is 7.30. The molecular formula is C27H28N6O5S. The fourth-order valence-corrected chi connectivity index (χ4v) is 5.20. The van der Waals surface area contributed by atoms with Gasteiger partial charge in [-0.05, 0) is 42.1 Å². The van der Waals surface area contributed by atoms with Gasteiger partial charge in [0.25, 0.3) is 11.8 Å². The predicted octanol–water partition coefficient (Wildman–Crippen LogP) is 3.58. The Bertz CT molecular complexity index is 1560. The van der Waals surface area contributed by atoms with E-state index in [9.17, 15) is 14.4 Å². The SMILES string of the molecule is CC(C)CCNC(=O)[C@@H](c1c[nH]c2ccccc12)N(C(=O)c1snc(C(N)=O)c1N)c1ccc2c(c1)OCO2. The minimum atomic E-state index is -1.11. The minimum absolute atomic E-state index is 0.0127. The van der Waals surface area contributed by atoms with Crippen molar-refractivity contribution in [3.63, 3.8) is 0 Å². The van der Waals surface area contributed by atoms with Gasteiger partial charge in [-0.3, -0.25) is 19.3 Å². The largest absolute Gasteiger partial charge is 0.454 e. The molecule has 2 aromatic carbocycles. The summed E-state index contributed by atoms with van der Waals surface area (Å²) in [6.45, 7) is 4.59. The molecule has 0 aliphatic carbocycles. The number of amides is 3. The van der Waals surface area contributed by atoms with Crippen LogP contribution in [0.1, 0.15) is 52.0 Å². The molecule has 0 saturated carbocycles. The van der Waals surface area contributed by atoms with Crippen molar-refractivity contribution < 1.29 is 23.9 Å². The number of nitrogens with zero attached hydrogens (tertiary/aromatic N) is 2. The molecule has 0 saturated heterocycles. The number of rotatable bonds is 9. The molecule has 202 valence electrons. The van der Waals surface area contributed by atoms with Crippen molar-refractivity contribution in [1.82, 2.24) is 14.7 Å². The number of H-pyrrole nitrogens is 1. The van der Waals surface area contributed by atoms with E-state index >= 15 is 0 Å². The van der Waals surface area contributed by atoms with E-state index in [0.29, 0.717) is 35.2 Å². The summed E-state index contributed by atoms with van der Waals surface area (Å²) in [7, 11) is 0. The van der Waals surface area contributed by atoms with E-state index < -0.39 is 17.9 Å². The normalized spacial score (nSPS) is 13.0. The Morgan fingerprint density at radius 3 is 2.67 bits per heavy atom. The van der Waals surface area contributed by atoms with Crippen LogP contribution >= 0.6 is 11.5 Å². The van der Waals surface area contributed by atoms with Gasteiger partial charge >= 0.3 is 0 Å². The third kappa shape index (κ3) is 4.98. The summed E-state index contributed by atoms with van der Waals surface area (Å²) < 4.78 is 15.0. The first-order valence-corrected chi connectivity index (χ1v) is 13.2. The molecule has 39 heavy (non-hydrogen) atoms. The Morgan fingerprint density at radius 1 is 1.15 bits per heavy atom. The van der Waals surface area contributed by atoms with Crippen LogP contribution in [0.3, 0.4) is 0 Å². The molecule has 4 aromatic rings. The van der Waals surface area contributed by atoms with Gasteiger partial charge in [-0.1, -0.05) is 32.0 Å². The van der Waals surface area contributed by atoms with Gasteiger partial charge in [-0.25, -0.2) is 0 Å². The Balaban J connectivity index is 1.68. The Labute approximate surface area is 228 Å². The van der Waals surface area contributed by atoms with E-state index in [0.717, 1.165) is 28.9 Å². The highest BCUT2D eigenvalue weighted by Gasteiger charge is 2.38. The highest BCUT2D eigenvalue weighted by molar-refractivity contribution is 7.09. The molecule has 12 heteroatoms. The van der Waals surface area contributed by atoms with E-state index in [2.05, 4.69) is 28.5 Å². The highest BCUT2D eigenvalue weighted by atomic mass is 32.1. The molecule has 3 amide bonds. The summed E-state index contributed by atoms with van der Waals surface area (Å²) in [5.74, 6) is -0.539. The first-order valence-electron chi connectivity index (χ1n) is 12.4. The number of aromatic amines is 1. The van der Waals surface area contributed by atoms with Gasteiger partial charge in [0, 0.05) is 41.0 Å². The summed E-state index contributed by atoms with van der Waals surface area (Å²) in [6.07, 6.45) is 2.48. The van der Waals surface area contributed by atoms with Crippen LogP contribution < -0.4 is 31.2 Å². The van der Waals surface area contributed by atoms with Crippen LogP contribution in [0, 0.1) is 5.92 Å². The number of primary amides is 1. The fourth-order valence-electron chi connectivity index (χ4n) is 4.46. The molecule has 1 atom stereocenters. The van der Waals surface area contributed by atoms with Crippen LogP contribution in [0.4, 0.5) is 11.4 Å². The number of anilines is 2. The zero-order valence-electron chi connectivity index (χ0n) is 21.4. The molecule has 3 heterocycles. The number of ether oxygens (including phenoxy) is 2. The summed E-state index contributed by atoms with van der Waals surface area (Å²) in [5, 5.41) is 3.77. The fraction of sp³-hybridized carbons (Fsp3) is 0.259. The zero-order chi connectivity index (χ0) is 27.7. The van der Waals surface area contributed by atoms with Gasteiger partial charge in [0.2, 0.25) is 12.7 Å². The van der Waals surface area contributed by atoms with E-state index in [1.54, 1.807) is 24.4 Å². The van der Waals surface area contributed by atoms with Crippen molar-refractivity contribution in [3.8, 4) is 11.5 Å². The highest BCUT2D eigenvalue weighted by Crippen LogP contribution is 2.40. The van der Waals surface area contributed by atoms with Crippen molar-refractivity contribution in [2.45, 2.75) is 26.3 Å². The molecule has 0 radical (unpaired) electrons. The Kier molecular flexibility index (Phi) is 7.11. The number of nitrogens with two attached hydrogens (primary N) is 2. The summed E-state index contributed by atoms with van der Waals surface area (Å²) >= 11 is 0.750. The number of nitrogens with one attached hydrogen (secondary N) is 2.